The summed E-state index contributed by atoms with van der Waals surface area (Å²) in [5, 5.41) is 2.24. The van der Waals surface area contributed by atoms with Crippen LogP contribution in [0.4, 0.5) is 0 Å². The van der Waals surface area contributed by atoms with E-state index >= 15 is 0 Å². The molecule has 3 aromatic rings. The van der Waals surface area contributed by atoms with Gasteiger partial charge in [0.15, 0.2) is 0 Å². The average Bonchev–Trinajstić information content (AvgIpc) is 2.65. The second kappa shape index (κ2) is 3.64. The fraction of sp³-hybridized carbons (Fsp3) is 0. The number of H-pyrrole nitrogens is 1. The Labute approximate surface area is 101 Å². The summed E-state index contributed by atoms with van der Waals surface area (Å²) in [6.45, 7) is 0. The first-order chi connectivity index (χ1) is 6.45. The zero-order chi connectivity index (χ0) is 8.67. The van der Waals surface area contributed by atoms with Gasteiger partial charge in [-0.15, -0.1) is 0 Å². The molecule has 2 heterocycles. The molecule has 3 rings (SSSR count). The van der Waals surface area contributed by atoms with Gasteiger partial charge in [-0.05, 0) is 12.1 Å². The van der Waals surface area contributed by atoms with E-state index in [0.29, 0.717) is 0 Å². The largest absolute Gasteiger partial charge is 0.346 e. The second-order valence-electron chi connectivity index (χ2n) is 2.96. The number of benzene rings is 1. The summed E-state index contributed by atoms with van der Waals surface area (Å²) in [4.78, 5) is 11.4. The Hall–Kier alpha value is -0.978. The predicted octanol–water partition coefficient (Wildman–Crippen LogP) is 1.73. The number of aromatic amines is 1. The molecular formula is C10H7N3Pb. The van der Waals surface area contributed by atoms with Gasteiger partial charge in [-0.1, -0.05) is 6.07 Å². The molecule has 0 unspecified atom stereocenters. The predicted molar refractivity (Wildman–Crippen MR) is 57.1 cm³/mol. The van der Waals surface area contributed by atoms with Crippen molar-refractivity contribution in [3.63, 3.8) is 0 Å². The Balaban J connectivity index is 0.000000750. The number of rotatable bonds is 0. The van der Waals surface area contributed by atoms with Gasteiger partial charge in [0.05, 0.1) is 17.4 Å². The van der Waals surface area contributed by atoms with Crippen molar-refractivity contribution in [1.82, 2.24) is 15.0 Å². The second-order valence-corrected chi connectivity index (χ2v) is 2.96. The number of aromatic nitrogens is 3. The van der Waals surface area contributed by atoms with Crippen LogP contribution < -0.4 is 0 Å². The topological polar surface area (TPSA) is 41.6 Å². The fourth-order valence-corrected chi connectivity index (χ4v) is 1.57. The summed E-state index contributed by atoms with van der Waals surface area (Å²) in [7, 11) is 0. The minimum Gasteiger partial charge on any atom is -0.346 e. The minimum absolute atomic E-state index is 0. The third kappa shape index (κ3) is 1.31. The SMILES string of the molecule is [Pb].c1cc2ccc3[nH]cncc3c2n1. The zero-order valence-corrected chi connectivity index (χ0v) is 11.2. The van der Waals surface area contributed by atoms with Crippen molar-refractivity contribution >= 4 is 49.1 Å². The van der Waals surface area contributed by atoms with E-state index in [1.165, 1.54) is 0 Å². The van der Waals surface area contributed by atoms with Gasteiger partial charge in [0.1, 0.15) is 0 Å². The first-order valence-electron chi connectivity index (χ1n) is 4.11. The Morgan fingerprint density at radius 3 is 3.00 bits per heavy atom. The van der Waals surface area contributed by atoms with Crippen molar-refractivity contribution in [2.24, 2.45) is 0 Å². The molecular weight excluding hydrogens is 369 g/mol. The third-order valence-corrected chi connectivity index (χ3v) is 2.20. The van der Waals surface area contributed by atoms with Crippen LogP contribution in [0.3, 0.4) is 0 Å². The summed E-state index contributed by atoms with van der Waals surface area (Å²) in [6.07, 6.45) is 5.33. The quantitative estimate of drug-likeness (QED) is 0.607. The zero-order valence-electron chi connectivity index (χ0n) is 7.36. The van der Waals surface area contributed by atoms with Crippen LogP contribution in [-0.2, 0) is 0 Å². The number of nitrogens with zero attached hydrogens (tertiary/aromatic N) is 2. The standard InChI is InChI=1S/C10H7N3.Pb/c1-2-9-8(5-11-6-13-9)10-7(1)3-4-12-10;/h1-6H,(H,11,13);. The van der Waals surface area contributed by atoms with E-state index in [9.17, 15) is 0 Å². The molecule has 66 valence electrons. The fourth-order valence-electron chi connectivity index (χ4n) is 1.57. The summed E-state index contributed by atoms with van der Waals surface area (Å²) >= 11 is 0. The van der Waals surface area contributed by atoms with Crippen molar-refractivity contribution in [3.05, 3.63) is 36.9 Å². The van der Waals surface area contributed by atoms with Gasteiger partial charge in [-0.2, -0.15) is 0 Å². The molecule has 2 aromatic heterocycles. The Kier molecular flexibility index (Phi) is 2.49. The van der Waals surface area contributed by atoms with Crippen molar-refractivity contribution in [1.29, 1.82) is 0 Å². The number of hydrogen-bond donors (Lipinski definition) is 1. The van der Waals surface area contributed by atoms with E-state index < -0.39 is 0 Å². The molecule has 0 saturated heterocycles. The van der Waals surface area contributed by atoms with E-state index in [0.717, 1.165) is 21.8 Å². The van der Waals surface area contributed by atoms with E-state index in [1.54, 1.807) is 6.33 Å². The van der Waals surface area contributed by atoms with Gasteiger partial charge in [0.2, 0.25) is 0 Å². The monoisotopic (exact) mass is 377 g/mol. The van der Waals surface area contributed by atoms with Crippen molar-refractivity contribution < 1.29 is 0 Å². The van der Waals surface area contributed by atoms with Crippen molar-refractivity contribution in [2.75, 3.05) is 0 Å². The molecule has 0 spiro atoms. The van der Waals surface area contributed by atoms with E-state index in [4.69, 9.17) is 0 Å². The molecule has 0 aliphatic carbocycles. The van der Waals surface area contributed by atoms with Gasteiger partial charge in [0, 0.05) is 50.5 Å². The smallest absolute Gasteiger partial charge is 0.0923 e. The van der Waals surface area contributed by atoms with E-state index in [1.807, 2.05) is 24.5 Å². The van der Waals surface area contributed by atoms with Crippen molar-refractivity contribution in [3.8, 4) is 0 Å². The van der Waals surface area contributed by atoms with Gasteiger partial charge < -0.3 is 4.98 Å². The Bertz CT molecular complexity index is 573. The third-order valence-electron chi connectivity index (χ3n) is 2.20. The van der Waals surface area contributed by atoms with Crippen LogP contribution in [0, 0.1) is 0 Å². The average molecular weight is 376 g/mol. The number of fused-ring (bicyclic) bond motifs is 3. The van der Waals surface area contributed by atoms with Crippen LogP contribution in [0.25, 0.3) is 21.8 Å². The normalized spacial score (nSPS) is 10.3. The molecule has 4 radical (unpaired) electrons. The van der Waals surface area contributed by atoms with E-state index in [-0.39, 0.29) is 27.3 Å². The molecule has 3 nitrogen and oxygen atoms in total. The molecule has 0 saturated carbocycles. The van der Waals surface area contributed by atoms with Crippen LogP contribution in [0.2, 0.25) is 0 Å². The van der Waals surface area contributed by atoms with Crippen molar-refractivity contribution in [2.45, 2.75) is 0 Å². The molecule has 14 heavy (non-hydrogen) atoms. The van der Waals surface area contributed by atoms with Crippen LogP contribution in [0.15, 0.2) is 36.9 Å². The molecule has 0 fully saturated rings. The number of hydrogen-bond acceptors (Lipinski definition) is 2. The maximum Gasteiger partial charge on any atom is 0.0923 e. The summed E-state index contributed by atoms with van der Waals surface area (Å²) in [5.74, 6) is 0. The van der Waals surface area contributed by atoms with E-state index in [2.05, 4.69) is 21.0 Å². The number of nitrogens with one attached hydrogen (secondary N) is 1. The Morgan fingerprint density at radius 1 is 1.14 bits per heavy atom. The molecule has 4 heteroatoms. The molecule has 0 aliphatic heterocycles. The molecule has 1 N–H and O–H groups in total. The Morgan fingerprint density at radius 2 is 2.07 bits per heavy atom. The van der Waals surface area contributed by atoms with Gasteiger partial charge in [0.25, 0.3) is 0 Å². The van der Waals surface area contributed by atoms with Crippen LogP contribution >= 0.6 is 0 Å². The first-order valence-corrected chi connectivity index (χ1v) is 4.11. The summed E-state index contributed by atoms with van der Waals surface area (Å²) in [6, 6.07) is 6.10. The van der Waals surface area contributed by atoms with Crippen LogP contribution in [-0.4, -0.2) is 42.3 Å². The van der Waals surface area contributed by atoms with Crippen LogP contribution in [0.1, 0.15) is 0 Å². The summed E-state index contributed by atoms with van der Waals surface area (Å²) in [5.41, 5.74) is 2.09. The first kappa shape index (κ1) is 9.57. The molecule has 1 aromatic carbocycles. The maximum absolute atomic E-state index is 4.29. The van der Waals surface area contributed by atoms with Gasteiger partial charge in [-0.25, -0.2) is 4.98 Å². The molecule has 0 amide bonds. The van der Waals surface area contributed by atoms with Crippen LogP contribution in [0.5, 0.6) is 0 Å². The minimum atomic E-state index is 0. The molecule has 0 bridgehead atoms. The summed E-state index contributed by atoms with van der Waals surface area (Å²) < 4.78 is 0. The van der Waals surface area contributed by atoms with Gasteiger partial charge in [-0.3, -0.25) is 4.98 Å². The van der Waals surface area contributed by atoms with Gasteiger partial charge >= 0.3 is 0 Å². The molecule has 0 atom stereocenters. The maximum atomic E-state index is 4.29. The molecule has 0 aliphatic rings.